The van der Waals surface area contributed by atoms with Crippen LogP contribution in [0.5, 0.6) is 0 Å². The van der Waals surface area contributed by atoms with Crippen LogP contribution in [0.15, 0.2) is 18.5 Å². The number of hydrogen-bond donors (Lipinski definition) is 0. The van der Waals surface area contributed by atoms with Crippen LogP contribution >= 0.6 is 0 Å². The van der Waals surface area contributed by atoms with Gasteiger partial charge >= 0.3 is 0 Å². The third kappa shape index (κ3) is 2.78. The third-order valence-corrected chi connectivity index (χ3v) is 5.75. The minimum Gasteiger partial charge on any atom is -0.340 e. The van der Waals surface area contributed by atoms with E-state index in [-0.39, 0.29) is 0 Å². The Morgan fingerprint density at radius 2 is 1.90 bits per heavy atom. The molecule has 3 heterocycles. The Kier molecular flexibility index (Phi) is 3.57. The van der Waals surface area contributed by atoms with Crippen molar-refractivity contribution in [1.82, 2.24) is 14.9 Å². The van der Waals surface area contributed by atoms with Crippen LogP contribution in [-0.4, -0.2) is 47.6 Å². The predicted octanol–water partition coefficient (Wildman–Crippen LogP) is 2.57. The SMILES string of the molecule is c1cnc(N2CCC[C@]3(CCN(CC4CCC4)C3)C2)nc1. The highest BCUT2D eigenvalue weighted by Gasteiger charge is 2.42. The van der Waals surface area contributed by atoms with Crippen molar-refractivity contribution in [1.29, 1.82) is 0 Å². The molecule has 21 heavy (non-hydrogen) atoms. The van der Waals surface area contributed by atoms with Crippen molar-refractivity contribution >= 4 is 5.95 Å². The van der Waals surface area contributed by atoms with E-state index in [9.17, 15) is 0 Å². The molecule has 1 spiro atoms. The van der Waals surface area contributed by atoms with Gasteiger partial charge in [-0.15, -0.1) is 0 Å². The minimum atomic E-state index is 0.501. The van der Waals surface area contributed by atoms with E-state index in [1.54, 1.807) is 0 Å². The van der Waals surface area contributed by atoms with Gasteiger partial charge < -0.3 is 9.80 Å². The zero-order valence-corrected chi connectivity index (χ0v) is 12.9. The molecule has 0 amide bonds. The molecule has 0 bridgehead atoms. The summed E-state index contributed by atoms with van der Waals surface area (Å²) in [6.07, 6.45) is 12.2. The summed E-state index contributed by atoms with van der Waals surface area (Å²) in [6.45, 7) is 6.23. The van der Waals surface area contributed by atoms with Gasteiger partial charge in [-0.05, 0) is 50.6 Å². The van der Waals surface area contributed by atoms with Crippen molar-refractivity contribution in [2.24, 2.45) is 11.3 Å². The second-order valence-electron chi connectivity index (χ2n) is 7.36. The Labute approximate surface area is 127 Å². The monoisotopic (exact) mass is 286 g/mol. The fraction of sp³-hybridized carbons (Fsp3) is 0.765. The number of rotatable bonds is 3. The molecule has 1 saturated carbocycles. The van der Waals surface area contributed by atoms with E-state index in [1.165, 1.54) is 58.2 Å². The van der Waals surface area contributed by atoms with Crippen LogP contribution in [0, 0.1) is 11.3 Å². The van der Waals surface area contributed by atoms with Gasteiger partial charge in [-0.3, -0.25) is 0 Å². The Bertz CT molecular complexity index is 473. The average Bonchev–Trinajstić information content (AvgIpc) is 2.86. The van der Waals surface area contributed by atoms with Crippen LogP contribution in [0.3, 0.4) is 0 Å². The molecular formula is C17H26N4. The third-order valence-electron chi connectivity index (χ3n) is 5.75. The van der Waals surface area contributed by atoms with Crippen molar-refractivity contribution in [2.45, 2.75) is 38.5 Å². The molecule has 1 aliphatic carbocycles. The summed E-state index contributed by atoms with van der Waals surface area (Å²) in [7, 11) is 0. The van der Waals surface area contributed by atoms with Crippen LogP contribution in [0.4, 0.5) is 5.95 Å². The first kappa shape index (κ1) is 13.5. The second-order valence-corrected chi connectivity index (χ2v) is 7.36. The number of anilines is 1. The van der Waals surface area contributed by atoms with Crippen LogP contribution in [-0.2, 0) is 0 Å². The van der Waals surface area contributed by atoms with Crippen molar-refractivity contribution in [3.05, 3.63) is 18.5 Å². The topological polar surface area (TPSA) is 32.3 Å². The van der Waals surface area contributed by atoms with Gasteiger partial charge in [0.05, 0.1) is 0 Å². The lowest BCUT2D eigenvalue weighted by Crippen LogP contribution is -2.46. The summed E-state index contributed by atoms with van der Waals surface area (Å²) in [5, 5.41) is 0. The van der Waals surface area contributed by atoms with E-state index >= 15 is 0 Å². The van der Waals surface area contributed by atoms with Gasteiger partial charge in [-0.25, -0.2) is 9.97 Å². The van der Waals surface area contributed by atoms with Crippen LogP contribution in [0.2, 0.25) is 0 Å². The van der Waals surface area contributed by atoms with E-state index in [4.69, 9.17) is 0 Å². The standard InChI is InChI=1S/C17H26N4/c1-4-15(5-1)12-20-11-7-17(13-20)6-2-10-21(14-17)16-18-8-3-9-19-16/h3,8-9,15H,1-2,4-7,10-14H2/t17-/m1/s1. The molecule has 0 N–H and O–H groups in total. The van der Waals surface area contributed by atoms with Gasteiger partial charge in [0.1, 0.15) is 0 Å². The molecule has 1 aromatic heterocycles. The average molecular weight is 286 g/mol. The molecule has 0 aromatic carbocycles. The van der Waals surface area contributed by atoms with E-state index in [0.717, 1.165) is 25.0 Å². The maximum absolute atomic E-state index is 4.45. The van der Waals surface area contributed by atoms with Crippen molar-refractivity contribution in [2.75, 3.05) is 37.6 Å². The number of likely N-dealkylation sites (tertiary alicyclic amines) is 1. The molecule has 3 aliphatic rings. The highest BCUT2D eigenvalue weighted by atomic mass is 15.3. The van der Waals surface area contributed by atoms with Crippen molar-refractivity contribution < 1.29 is 0 Å². The van der Waals surface area contributed by atoms with Crippen molar-refractivity contribution in [3.63, 3.8) is 0 Å². The highest BCUT2D eigenvalue weighted by molar-refractivity contribution is 5.30. The molecular weight excluding hydrogens is 260 g/mol. The molecule has 0 radical (unpaired) electrons. The lowest BCUT2D eigenvalue weighted by molar-refractivity contribution is 0.172. The number of hydrogen-bond acceptors (Lipinski definition) is 4. The summed E-state index contributed by atoms with van der Waals surface area (Å²) in [4.78, 5) is 14.0. The van der Waals surface area contributed by atoms with Gasteiger partial charge in [0.2, 0.25) is 5.95 Å². The molecule has 4 rings (SSSR count). The lowest BCUT2D eigenvalue weighted by atomic mass is 9.79. The number of piperidine rings is 1. The first-order valence-electron chi connectivity index (χ1n) is 8.57. The summed E-state index contributed by atoms with van der Waals surface area (Å²) in [5.74, 6) is 1.92. The Hall–Kier alpha value is -1.16. The molecule has 2 saturated heterocycles. The van der Waals surface area contributed by atoms with Gasteiger partial charge in [0.15, 0.2) is 0 Å². The van der Waals surface area contributed by atoms with Crippen molar-refractivity contribution in [3.8, 4) is 0 Å². The molecule has 3 fully saturated rings. The minimum absolute atomic E-state index is 0.501. The quantitative estimate of drug-likeness (QED) is 0.855. The lowest BCUT2D eigenvalue weighted by Gasteiger charge is -2.41. The molecule has 4 heteroatoms. The first-order chi connectivity index (χ1) is 10.3. The molecule has 1 aromatic rings. The number of nitrogens with zero attached hydrogens (tertiary/aromatic N) is 4. The van der Waals surface area contributed by atoms with Gasteiger partial charge in [0, 0.05) is 44.0 Å². The first-order valence-corrected chi connectivity index (χ1v) is 8.57. The predicted molar refractivity (Wildman–Crippen MR) is 84.3 cm³/mol. The van der Waals surface area contributed by atoms with Gasteiger partial charge in [0.25, 0.3) is 0 Å². The summed E-state index contributed by atoms with van der Waals surface area (Å²) in [6, 6.07) is 1.90. The van der Waals surface area contributed by atoms with Crippen LogP contribution < -0.4 is 4.90 Å². The second kappa shape index (κ2) is 5.56. The zero-order valence-electron chi connectivity index (χ0n) is 12.9. The molecule has 4 nitrogen and oxygen atoms in total. The van der Waals surface area contributed by atoms with Crippen LogP contribution in [0.25, 0.3) is 0 Å². The Morgan fingerprint density at radius 3 is 2.67 bits per heavy atom. The summed E-state index contributed by atoms with van der Waals surface area (Å²) >= 11 is 0. The fourth-order valence-electron chi connectivity index (χ4n) is 4.39. The smallest absolute Gasteiger partial charge is 0.225 e. The summed E-state index contributed by atoms with van der Waals surface area (Å²) < 4.78 is 0. The van der Waals surface area contributed by atoms with E-state index in [0.29, 0.717) is 5.41 Å². The highest BCUT2D eigenvalue weighted by Crippen LogP contribution is 2.40. The van der Waals surface area contributed by atoms with E-state index < -0.39 is 0 Å². The maximum Gasteiger partial charge on any atom is 0.225 e. The molecule has 0 unspecified atom stereocenters. The molecule has 2 aliphatic heterocycles. The fourth-order valence-corrected chi connectivity index (χ4v) is 4.39. The normalized spacial score (nSPS) is 30.8. The maximum atomic E-state index is 4.45. The van der Waals surface area contributed by atoms with E-state index in [1.807, 2.05) is 18.5 Å². The largest absolute Gasteiger partial charge is 0.340 e. The van der Waals surface area contributed by atoms with E-state index in [2.05, 4.69) is 19.8 Å². The Morgan fingerprint density at radius 1 is 1.05 bits per heavy atom. The van der Waals surface area contributed by atoms with Gasteiger partial charge in [-0.1, -0.05) is 6.42 Å². The summed E-state index contributed by atoms with van der Waals surface area (Å²) in [5.41, 5.74) is 0.501. The van der Waals surface area contributed by atoms with Gasteiger partial charge in [-0.2, -0.15) is 0 Å². The Balaban J connectivity index is 1.40. The van der Waals surface area contributed by atoms with Crippen LogP contribution in [0.1, 0.15) is 38.5 Å². The molecule has 114 valence electrons. The number of aromatic nitrogens is 2. The molecule has 1 atom stereocenters. The zero-order chi connectivity index (χ0) is 14.1.